The Balaban J connectivity index is 2.87. The van der Waals surface area contributed by atoms with Crippen LogP contribution in [-0.4, -0.2) is 35.4 Å². The maximum Gasteiger partial charge on any atom is 0.317 e. The van der Waals surface area contributed by atoms with Gasteiger partial charge >= 0.3 is 5.97 Å². The number of hydrogen-bond acceptors (Lipinski definition) is 4. The van der Waals surface area contributed by atoms with Gasteiger partial charge in [0.1, 0.15) is 5.75 Å². The Hall–Kier alpha value is -1.59. The monoisotopic (exact) mass is 267 g/mol. The van der Waals surface area contributed by atoms with Gasteiger partial charge in [0, 0.05) is 11.6 Å². The van der Waals surface area contributed by atoms with Crippen LogP contribution in [0.1, 0.15) is 31.1 Å². The Morgan fingerprint density at radius 3 is 2.74 bits per heavy atom. The maximum atomic E-state index is 10.5. The third-order valence-electron chi connectivity index (χ3n) is 2.83. The second-order valence-electron chi connectivity index (χ2n) is 4.48. The van der Waals surface area contributed by atoms with Crippen molar-refractivity contribution < 1.29 is 19.7 Å². The fourth-order valence-corrected chi connectivity index (χ4v) is 1.82. The summed E-state index contributed by atoms with van der Waals surface area (Å²) in [6.45, 7) is 5.88. The van der Waals surface area contributed by atoms with E-state index in [0.717, 1.165) is 5.56 Å². The van der Waals surface area contributed by atoms with E-state index in [1.165, 1.54) is 0 Å². The van der Waals surface area contributed by atoms with Crippen LogP contribution >= 0.6 is 0 Å². The average Bonchev–Trinajstić information content (AvgIpc) is 2.37. The first kappa shape index (κ1) is 15.5. The molecule has 0 aliphatic rings. The summed E-state index contributed by atoms with van der Waals surface area (Å²) in [6, 6.07) is 5.21. The molecule has 2 atom stereocenters. The van der Waals surface area contributed by atoms with Crippen molar-refractivity contribution in [3.63, 3.8) is 0 Å². The molecule has 1 aromatic carbocycles. The van der Waals surface area contributed by atoms with Gasteiger partial charge in [0.15, 0.2) is 0 Å². The summed E-state index contributed by atoms with van der Waals surface area (Å²) in [6.07, 6.45) is -0.819. The lowest BCUT2D eigenvalue weighted by Gasteiger charge is -2.22. The molecular formula is C14H21NO4. The zero-order valence-corrected chi connectivity index (χ0v) is 11.5. The van der Waals surface area contributed by atoms with Crippen molar-refractivity contribution in [2.45, 2.75) is 32.9 Å². The first-order chi connectivity index (χ1) is 8.95. The van der Waals surface area contributed by atoms with Gasteiger partial charge in [0.25, 0.3) is 0 Å². The number of aliphatic hydroxyl groups excluding tert-OH is 1. The third-order valence-corrected chi connectivity index (χ3v) is 2.83. The van der Waals surface area contributed by atoms with Crippen LogP contribution in [0, 0.1) is 6.92 Å². The van der Waals surface area contributed by atoms with E-state index in [1.54, 1.807) is 6.92 Å². The number of aliphatic carboxylic acids is 1. The second kappa shape index (κ2) is 7.11. The lowest BCUT2D eigenvalue weighted by atomic mass is 10.0. The largest absolute Gasteiger partial charge is 0.493 e. The molecule has 0 heterocycles. The van der Waals surface area contributed by atoms with Gasteiger partial charge in [-0.05, 0) is 32.9 Å². The molecule has 1 aromatic rings. The smallest absolute Gasteiger partial charge is 0.317 e. The Morgan fingerprint density at radius 1 is 1.47 bits per heavy atom. The Labute approximate surface area is 113 Å². The van der Waals surface area contributed by atoms with E-state index in [-0.39, 0.29) is 12.6 Å². The van der Waals surface area contributed by atoms with Crippen molar-refractivity contribution in [1.82, 2.24) is 5.32 Å². The number of rotatable bonds is 7. The van der Waals surface area contributed by atoms with Crippen LogP contribution in [0.2, 0.25) is 0 Å². The molecule has 19 heavy (non-hydrogen) atoms. The molecule has 0 amide bonds. The van der Waals surface area contributed by atoms with E-state index in [0.29, 0.717) is 17.9 Å². The summed E-state index contributed by atoms with van der Waals surface area (Å²) in [5, 5.41) is 21.7. The van der Waals surface area contributed by atoms with Crippen molar-refractivity contribution in [2.24, 2.45) is 0 Å². The minimum Gasteiger partial charge on any atom is -0.493 e. The van der Waals surface area contributed by atoms with Crippen molar-refractivity contribution in [2.75, 3.05) is 13.2 Å². The Bertz CT molecular complexity index is 433. The standard InChI is InChI=1S/C14H21NO4/c1-4-19-12-6-5-9(2)7-11(12)14(18)10(3)15-8-13(16)17/h5-7,10,14-15,18H,4,8H2,1-3H3,(H,16,17). The zero-order valence-electron chi connectivity index (χ0n) is 11.5. The number of carboxylic acid groups (broad SMARTS) is 1. The minimum atomic E-state index is -0.951. The van der Waals surface area contributed by atoms with E-state index >= 15 is 0 Å². The van der Waals surface area contributed by atoms with Gasteiger partial charge in [-0.15, -0.1) is 0 Å². The third kappa shape index (κ3) is 4.54. The summed E-state index contributed by atoms with van der Waals surface area (Å²) in [5.74, 6) is -0.321. The first-order valence-electron chi connectivity index (χ1n) is 6.32. The lowest BCUT2D eigenvalue weighted by molar-refractivity contribution is -0.136. The van der Waals surface area contributed by atoms with E-state index in [4.69, 9.17) is 9.84 Å². The number of aliphatic hydroxyl groups is 1. The number of hydrogen-bond donors (Lipinski definition) is 3. The topological polar surface area (TPSA) is 78.8 Å². The SMILES string of the molecule is CCOc1ccc(C)cc1C(O)C(C)NCC(=O)O. The fourth-order valence-electron chi connectivity index (χ4n) is 1.82. The number of carboxylic acids is 1. The number of benzene rings is 1. The summed E-state index contributed by atoms with van der Waals surface area (Å²) in [7, 11) is 0. The molecule has 0 aliphatic carbocycles. The lowest BCUT2D eigenvalue weighted by Crippen LogP contribution is -2.36. The average molecular weight is 267 g/mol. The van der Waals surface area contributed by atoms with Gasteiger partial charge < -0.3 is 20.3 Å². The molecule has 2 unspecified atom stereocenters. The van der Waals surface area contributed by atoms with E-state index in [2.05, 4.69) is 5.32 Å². The molecule has 0 aliphatic heterocycles. The Kier molecular flexibility index (Phi) is 5.79. The zero-order chi connectivity index (χ0) is 14.4. The molecule has 0 bridgehead atoms. The van der Waals surface area contributed by atoms with Crippen molar-refractivity contribution in [1.29, 1.82) is 0 Å². The molecule has 0 radical (unpaired) electrons. The maximum absolute atomic E-state index is 10.5. The molecule has 0 saturated heterocycles. The number of aryl methyl sites for hydroxylation is 1. The highest BCUT2D eigenvalue weighted by Gasteiger charge is 2.20. The van der Waals surface area contributed by atoms with Gasteiger partial charge in [-0.25, -0.2) is 0 Å². The van der Waals surface area contributed by atoms with Gasteiger partial charge in [0.05, 0.1) is 19.3 Å². The highest BCUT2D eigenvalue weighted by molar-refractivity contribution is 5.69. The summed E-state index contributed by atoms with van der Waals surface area (Å²) in [4.78, 5) is 10.5. The van der Waals surface area contributed by atoms with Crippen molar-refractivity contribution in [3.05, 3.63) is 29.3 Å². The van der Waals surface area contributed by atoms with Gasteiger partial charge in [-0.2, -0.15) is 0 Å². The van der Waals surface area contributed by atoms with Crippen LogP contribution in [0.3, 0.4) is 0 Å². The molecule has 0 saturated carbocycles. The normalized spacial score (nSPS) is 13.9. The molecular weight excluding hydrogens is 246 g/mol. The molecule has 3 N–H and O–H groups in total. The summed E-state index contributed by atoms with van der Waals surface area (Å²) >= 11 is 0. The van der Waals surface area contributed by atoms with Crippen molar-refractivity contribution in [3.8, 4) is 5.75 Å². The molecule has 0 aromatic heterocycles. The minimum absolute atomic E-state index is 0.186. The van der Waals surface area contributed by atoms with Crippen LogP contribution in [-0.2, 0) is 4.79 Å². The van der Waals surface area contributed by atoms with Gasteiger partial charge in [0.2, 0.25) is 0 Å². The first-order valence-corrected chi connectivity index (χ1v) is 6.32. The molecule has 106 valence electrons. The van der Waals surface area contributed by atoms with Crippen molar-refractivity contribution >= 4 is 5.97 Å². The fraction of sp³-hybridized carbons (Fsp3) is 0.500. The van der Waals surface area contributed by atoms with E-state index in [1.807, 2.05) is 32.0 Å². The highest BCUT2D eigenvalue weighted by atomic mass is 16.5. The molecule has 0 spiro atoms. The van der Waals surface area contributed by atoms with Gasteiger partial charge in [-0.3, -0.25) is 4.79 Å². The quantitative estimate of drug-likeness (QED) is 0.697. The highest BCUT2D eigenvalue weighted by Crippen LogP contribution is 2.28. The second-order valence-corrected chi connectivity index (χ2v) is 4.48. The Morgan fingerprint density at radius 2 is 2.16 bits per heavy atom. The molecule has 5 heteroatoms. The van der Waals surface area contributed by atoms with Crippen LogP contribution in [0.25, 0.3) is 0 Å². The van der Waals surface area contributed by atoms with Crippen LogP contribution in [0.15, 0.2) is 18.2 Å². The summed E-state index contributed by atoms with van der Waals surface area (Å²) < 4.78 is 5.48. The number of nitrogens with one attached hydrogen (secondary N) is 1. The molecule has 0 fully saturated rings. The molecule has 5 nitrogen and oxygen atoms in total. The van der Waals surface area contributed by atoms with E-state index < -0.39 is 12.1 Å². The predicted octanol–water partition coefficient (Wildman–Crippen LogP) is 1.49. The predicted molar refractivity (Wildman–Crippen MR) is 72.4 cm³/mol. The van der Waals surface area contributed by atoms with Crippen LogP contribution in [0.5, 0.6) is 5.75 Å². The number of carbonyl (C=O) groups is 1. The van der Waals surface area contributed by atoms with Gasteiger partial charge in [-0.1, -0.05) is 11.6 Å². The number of ether oxygens (including phenoxy) is 1. The van der Waals surface area contributed by atoms with Crippen LogP contribution in [0.4, 0.5) is 0 Å². The summed E-state index contributed by atoms with van der Waals surface area (Å²) in [5.41, 5.74) is 1.69. The molecule has 1 rings (SSSR count). The van der Waals surface area contributed by atoms with Crippen LogP contribution < -0.4 is 10.1 Å². The van der Waals surface area contributed by atoms with E-state index in [9.17, 15) is 9.90 Å².